The zero-order chi connectivity index (χ0) is 14.9. The molecule has 0 aliphatic carbocycles. The summed E-state index contributed by atoms with van der Waals surface area (Å²) in [4.78, 5) is 0. The number of halogens is 4. The molecule has 0 saturated heterocycles. The first-order valence-corrected chi connectivity index (χ1v) is 24.1. The zero-order valence-corrected chi connectivity index (χ0v) is 22.3. The molecule has 0 atom stereocenters. The fourth-order valence-electron chi connectivity index (χ4n) is 0. The van der Waals surface area contributed by atoms with Crippen LogP contribution in [0, 0.1) is 26.7 Å². The van der Waals surface area contributed by atoms with E-state index in [-0.39, 0.29) is 0 Å². The van der Waals surface area contributed by atoms with E-state index in [0.29, 0.717) is 0 Å². The quantitative estimate of drug-likeness (QED) is 0.139. The van der Waals surface area contributed by atoms with Gasteiger partial charge in [-0.2, -0.15) is 0 Å². The molecule has 0 rings (SSSR count). The van der Waals surface area contributed by atoms with Crippen LogP contribution >= 0.6 is 67.6 Å². The van der Waals surface area contributed by atoms with E-state index in [2.05, 4.69) is 122 Å². The zero-order valence-electron chi connectivity index (χ0n) is 9.84. The van der Waals surface area contributed by atoms with Crippen molar-refractivity contribution in [1.29, 1.82) is 0 Å². The van der Waals surface area contributed by atoms with Gasteiger partial charge in [0.05, 0.1) is 0 Å². The number of hydrogen-bond acceptors (Lipinski definition) is 0. The van der Waals surface area contributed by atoms with Crippen molar-refractivity contribution in [3.05, 3.63) is 26.7 Å². The maximum absolute atomic E-state index is 3.84. The van der Waals surface area contributed by atoms with Crippen molar-refractivity contribution in [3.63, 3.8) is 0 Å². The summed E-state index contributed by atoms with van der Waals surface area (Å²) in [5, 5.41) is -3.48. The Bertz CT molecular complexity index is 114. The van der Waals surface area contributed by atoms with Gasteiger partial charge in [-0.1, -0.05) is 0 Å². The molecule has 0 nitrogen and oxygen atoms in total. The minimum atomic E-state index is -1.74. The summed E-state index contributed by atoms with van der Waals surface area (Å²) in [7, 11) is 0. The van der Waals surface area contributed by atoms with Crippen molar-refractivity contribution in [2.45, 2.75) is 0 Å². The van der Waals surface area contributed by atoms with Crippen molar-refractivity contribution in [3.8, 4) is 0 Å². The second kappa shape index (κ2) is 10.9. The monoisotopic (exact) mass is 888 g/mol. The molecule has 0 amide bonds. The van der Waals surface area contributed by atoms with Crippen LogP contribution in [-0.2, 0) is 37.9 Å². The van der Waals surface area contributed by atoms with Gasteiger partial charge in [0.1, 0.15) is 0 Å². The average molecular weight is 892 g/mol. The van der Waals surface area contributed by atoms with Crippen LogP contribution in [0.1, 0.15) is 0 Å². The second-order valence-corrected chi connectivity index (χ2v) is 29.6. The molecule has 0 aromatic carbocycles. The molecule has 0 aliphatic heterocycles. The van der Waals surface area contributed by atoms with Crippen molar-refractivity contribution in [1.82, 2.24) is 0 Å². The van der Waals surface area contributed by atoms with E-state index in [1.165, 1.54) is 0 Å². The van der Waals surface area contributed by atoms with Gasteiger partial charge in [0, 0.05) is 0 Å². The van der Waals surface area contributed by atoms with Gasteiger partial charge in [-0.3, -0.25) is 0 Å². The Morgan fingerprint density at radius 1 is 0.625 bits per heavy atom. The maximum atomic E-state index is 3.84. The molecule has 0 unspecified atom stereocenters. The third-order valence-corrected chi connectivity index (χ3v) is 0. The Hall–Kier alpha value is 4.26. The number of rotatable bonds is 0. The molecule has 8 heteroatoms. The molecule has 0 spiro atoms. The van der Waals surface area contributed by atoms with Gasteiger partial charge in [0.15, 0.2) is 0 Å². The van der Waals surface area contributed by atoms with Crippen LogP contribution in [0.4, 0.5) is 0 Å². The van der Waals surface area contributed by atoms with Crippen LogP contribution in [0.5, 0.6) is 0 Å². The summed E-state index contributed by atoms with van der Waals surface area (Å²) in [5.41, 5.74) is 0. The average Bonchev–Trinajstić information content (AvgIpc) is 1.84. The Morgan fingerprint density at radius 2 is 0.625 bits per heavy atom. The van der Waals surface area contributed by atoms with Crippen LogP contribution < -0.4 is 0 Å². The third kappa shape index (κ3) is 300. The molecule has 0 heterocycles. The van der Waals surface area contributed by atoms with E-state index in [1.54, 1.807) is 0 Å². The van der Waals surface area contributed by atoms with Crippen molar-refractivity contribution in [2.24, 2.45) is 0 Å². The van der Waals surface area contributed by atoms with E-state index >= 15 is 0 Å². The van der Waals surface area contributed by atoms with Crippen LogP contribution in [0.3, 0.4) is 0 Å². The Kier molecular flexibility index (Phi) is 19.4. The van der Waals surface area contributed by atoms with E-state index in [1.807, 2.05) is 26.7 Å². The Morgan fingerprint density at radius 3 is 0.625 bits per heavy atom. The van der Waals surface area contributed by atoms with E-state index in [9.17, 15) is 0 Å². The summed E-state index contributed by atoms with van der Waals surface area (Å²) in [5.74, 6) is 0. The molecule has 0 aromatic rings. The predicted octanol–water partition coefficient (Wildman–Crippen LogP) is 7.07. The topological polar surface area (TPSA) is 0 Å². The molecule has 0 aromatic heterocycles. The molecular formula is C8H20Au2Br4P2-4. The van der Waals surface area contributed by atoms with Crippen molar-refractivity contribution in [2.75, 3.05) is 26.7 Å². The van der Waals surface area contributed by atoms with Crippen LogP contribution in [0.2, 0.25) is 0 Å². The Labute approximate surface area is 156 Å². The SMILES string of the molecule is [Br][Au].[Br][Au].[CH2-]P([CH2-])(C)(C)Br.[CH2-]P([CH2-])(C)(C)Br. The molecule has 0 radical (unpaired) electrons. The van der Waals surface area contributed by atoms with E-state index in [0.717, 1.165) is 0 Å². The van der Waals surface area contributed by atoms with Gasteiger partial charge in [0.2, 0.25) is 0 Å². The fourth-order valence-corrected chi connectivity index (χ4v) is 0. The summed E-state index contributed by atoms with van der Waals surface area (Å²) in [6, 6.07) is 0. The predicted molar refractivity (Wildman–Crippen MR) is 94.7 cm³/mol. The van der Waals surface area contributed by atoms with Gasteiger partial charge in [-0.25, -0.2) is 0 Å². The van der Waals surface area contributed by atoms with E-state index < -0.39 is 10.6 Å². The van der Waals surface area contributed by atoms with Crippen molar-refractivity contribution >= 4 is 67.6 Å². The molecule has 0 saturated carbocycles. The van der Waals surface area contributed by atoms with Gasteiger partial charge >= 0.3 is 159 Å². The van der Waals surface area contributed by atoms with Crippen LogP contribution in [0.25, 0.3) is 0 Å². The molecule has 0 bridgehead atoms. The summed E-state index contributed by atoms with van der Waals surface area (Å²) >= 11 is 16.7. The van der Waals surface area contributed by atoms with Crippen molar-refractivity contribution < 1.29 is 37.9 Å². The summed E-state index contributed by atoms with van der Waals surface area (Å²) in [6.45, 7) is 23.5. The van der Waals surface area contributed by atoms with Crippen LogP contribution in [-0.4, -0.2) is 26.7 Å². The Balaban J connectivity index is -0.0000000686. The fraction of sp³-hybridized carbons (Fsp3) is 0.500. The molecule has 0 aliphatic rings. The molecular weight excluding hydrogens is 872 g/mol. The molecule has 116 valence electrons. The van der Waals surface area contributed by atoms with Gasteiger partial charge in [0.25, 0.3) is 0 Å². The van der Waals surface area contributed by atoms with E-state index in [4.69, 9.17) is 0 Å². The normalized spacial score (nSPS) is 15.2. The second-order valence-electron chi connectivity index (χ2n) is 5.03. The van der Waals surface area contributed by atoms with Crippen LogP contribution in [0.15, 0.2) is 0 Å². The summed E-state index contributed by atoms with van der Waals surface area (Å²) < 4.78 is 0. The third-order valence-electron chi connectivity index (χ3n) is 0. The molecule has 0 N–H and O–H groups in total. The van der Waals surface area contributed by atoms with Gasteiger partial charge in [-0.15, -0.1) is 0 Å². The summed E-state index contributed by atoms with van der Waals surface area (Å²) in [6.07, 6.45) is 0. The van der Waals surface area contributed by atoms with Gasteiger partial charge in [-0.05, 0) is 0 Å². The number of hydrogen-bond donors (Lipinski definition) is 0. The standard InChI is InChI=1S/2C4H10BrP.2Au.2BrH/c2*1-6(2,3,4)5;;;;/h2*1-2H2,3-4H3;;;2*1H/q2*-2;2*+1;;/p-2. The first-order chi connectivity index (χ1) is 6.47. The molecule has 16 heavy (non-hydrogen) atoms. The first-order valence-electron chi connectivity index (χ1n) is 3.62. The first kappa shape index (κ1) is 28.4. The molecule has 0 fully saturated rings. The van der Waals surface area contributed by atoms with Gasteiger partial charge < -0.3 is 0 Å². The minimum absolute atomic E-state index is 1.74.